The average molecular weight is 469 g/mol. The van der Waals surface area contributed by atoms with Crippen LogP contribution in [0.25, 0.3) is 10.1 Å². The van der Waals surface area contributed by atoms with Crippen LogP contribution in [0.15, 0.2) is 53.4 Å². The van der Waals surface area contributed by atoms with Crippen molar-refractivity contribution in [2.45, 2.75) is 4.90 Å². The quantitative estimate of drug-likeness (QED) is 0.401. The van der Waals surface area contributed by atoms with Crippen molar-refractivity contribution in [2.75, 3.05) is 19.4 Å². The molecule has 0 spiro atoms. The Labute approximate surface area is 182 Å². The van der Waals surface area contributed by atoms with Gasteiger partial charge < -0.3 is 5.32 Å². The van der Waals surface area contributed by atoms with Gasteiger partial charge in [0, 0.05) is 29.9 Å². The Bertz CT molecular complexity index is 1190. The maximum absolute atomic E-state index is 12.4. The van der Waals surface area contributed by atoms with E-state index in [1.807, 2.05) is 24.3 Å². The number of thiophene rings is 1. The first kappa shape index (κ1) is 21.5. The van der Waals surface area contributed by atoms with Crippen LogP contribution in [0, 0.1) is 0 Å². The molecular formula is C18H17ClN4O3S3. The number of halogens is 1. The third-order valence-electron chi connectivity index (χ3n) is 3.90. The number of hydrazine groups is 1. The number of amides is 1. The Balaban J connectivity index is 1.66. The first-order valence-corrected chi connectivity index (χ1v) is 11.3. The number of carbonyl (C=O) groups is 1. The van der Waals surface area contributed by atoms with Gasteiger partial charge in [-0.3, -0.25) is 15.6 Å². The number of fused-ring (bicyclic) bond motifs is 1. The standard InChI is InChI=1S/C18H17ClN4O3S3/c1-23(2)29(25,26)12-7-5-6-11(10-12)20-18(27)22-21-17(24)16-15(19)13-8-3-4-9-14(13)28-16/h3-10H,1-2H3,(H,21,24)(H2,20,22,27). The maximum Gasteiger partial charge on any atom is 0.281 e. The molecule has 0 aliphatic carbocycles. The van der Waals surface area contributed by atoms with Gasteiger partial charge in [0.05, 0.1) is 9.92 Å². The predicted octanol–water partition coefficient (Wildman–Crippen LogP) is 3.44. The van der Waals surface area contributed by atoms with Crippen LogP contribution in [0.1, 0.15) is 9.67 Å². The molecule has 2 aromatic carbocycles. The molecule has 0 atom stereocenters. The molecular weight excluding hydrogens is 452 g/mol. The first-order chi connectivity index (χ1) is 13.7. The summed E-state index contributed by atoms with van der Waals surface area (Å²) in [6.07, 6.45) is 0. The zero-order valence-electron chi connectivity index (χ0n) is 15.4. The van der Waals surface area contributed by atoms with Crippen LogP contribution in [-0.4, -0.2) is 37.8 Å². The lowest BCUT2D eigenvalue weighted by molar-refractivity contribution is 0.0948. The van der Waals surface area contributed by atoms with Gasteiger partial charge in [0.15, 0.2) is 5.11 Å². The Hall–Kier alpha value is -2.24. The maximum atomic E-state index is 12.4. The lowest BCUT2D eigenvalue weighted by Gasteiger charge is -2.14. The average Bonchev–Trinajstić information content (AvgIpc) is 3.03. The Kier molecular flexibility index (Phi) is 6.39. The fourth-order valence-corrected chi connectivity index (χ4v) is 4.97. The molecule has 7 nitrogen and oxygen atoms in total. The van der Waals surface area contributed by atoms with Gasteiger partial charge in [-0.1, -0.05) is 35.9 Å². The summed E-state index contributed by atoms with van der Waals surface area (Å²) >= 11 is 12.7. The molecule has 3 N–H and O–H groups in total. The molecule has 0 aliphatic heterocycles. The van der Waals surface area contributed by atoms with E-state index in [9.17, 15) is 13.2 Å². The second kappa shape index (κ2) is 8.64. The van der Waals surface area contributed by atoms with E-state index >= 15 is 0 Å². The van der Waals surface area contributed by atoms with Gasteiger partial charge in [-0.25, -0.2) is 12.7 Å². The molecule has 0 saturated carbocycles. The Morgan fingerprint density at radius 2 is 1.83 bits per heavy atom. The molecule has 3 rings (SSSR count). The SMILES string of the molecule is CN(C)S(=O)(=O)c1cccc(NC(=S)NNC(=O)c2sc3ccccc3c2Cl)c1. The summed E-state index contributed by atoms with van der Waals surface area (Å²) in [6.45, 7) is 0. The minimum atomic E-state index is -3.57. The molecule has 0 aliphatic rings. The number of benzene rings is 2. The number of nitrogens with one attached hydrogen (secondary N) is 3. The van der Waals surface area contributed by atoms with Crippen molar-refractivity contribution in [3.63, 3.8) is 0 Å². The van der Waals surface area contributed by atoms with Crippen LogP contribution in [0.3, 0.4) is 0 Å². The van der Waals surface area contributed by atoms with Crippen LogP contribution in [0.2, 0.25) is 5.02 Å². The van der Waals surface area contributed by atoms with Crippen molar-refractivity contribution < 1.29 is 13.2 Å². The van der Waals surface area contributed by atoms with Crippen LogP contribution >= 0.6 is 35.2 Å². The zero-order valence-corrected chi connectivity index (χ0v) is 18.6. The summed E-state index contributed by atoms with van der Waals surface area (Å²) in [5.74, 6) is -0.427. The van der Waals surface area contributed by atoms with E-state index in [-0.39, 0.29) is 10.0 Å². The molecule has 1 amide bonds. The number of nitrogens with zero attached hydrogens (tertiary/aromatic N) is 1. The van der Waals surface area contributed by atoms with E-state index in [0.717, 1.165) is 14.4 Å². The van der Waals surface area contributed by atoms with Gasteiger partial charge in [-0.15, -0.1) is 11.3 Å². The highest BCUT2D eigenvalue weighted by molar-refractivity contribution is 7.89. The number of hydrogen-bond donors (Lipinski definition) is 3. The summed E-state index contributed by atoms with van der Waals surface area (Å²) in [6, 6.07) is 13.7. The summed E-state index contributed by atoms with van der Waals surface area (Å²) in [7, 11) is -0.659. The number of hydrogen-bond acceptors (Lipinski definition) is 5. The first-order valence-electron chi connectivity index (χ1n) is 8.27. The molecule has 3 aromatic rings. The van der Waals surface area contributed by atoms with E-state index < -0.39 is 15.9 Å². The number of thiocarbonyl (C=S) groups is 1. The molecule has 1 aromatic heterocycles. The largest absolute Gasteiger partial charge is 0.331 e. The molecule has 152 valence electrons. The summed E-state index contributed by atoms with van der Waals surface area (Å²) in [5, 5.41) is 4.12. The molecule has 11 heteroatoms. The highest BCUT2D eigenvalue weighted by atomic mass is 35.5. The molecule has 0 unspecified atom stereocenters. The van der Waals surface area contributed by atoms with Gasteiger partial charge in [-0.2, -0.15) is 0 Å². The second-order valence-electron chi connectivity index (χ2n) is 6.09. The third-order valence-corrected chi connectivity index (χ3v) is 7.59. The van der Waals surface area contributed by atoms with Gasteiger partial charge in [-0.05, 0) is 36.5 Å². The molecule has 29 heavy (non-hydrogen) atoms. The summed E-state index contributed by atoms with van der Waals surface area (Å²) in [4.78, 5) is 12.9. The Morgan fingerprint density at radius 3 is 2.52 bits per heavy atom. The van der Waals surface area contributed by atoms with E-state index in [4.69, 9.17) is 23.8 Å². The summed E-state index contributed by atoms with van der Waals surface area (Å²) in [5.41, 5.74) is 5.54. The third kappa shape index (κ3) is 4.68. The zero-order chi connectivity index (χ0) is 21.2. The number of sulfonamides is 1. The lowest BCUT2D eigenvalue weighted by Crippen LogP contribution is -2.43. The van der Waals surface area contributed by atoms with Crippen LogP contribution in [-0.2, 0) is 10.0 Å². The van der Waals surface area contributed by atoms with Crippen molar-refractivity contribution in [2.24, 2.45) is 0 Å². The van der Waals surface area contributed by atoms with Crippen molar-refractivity contribution >= 4 is 72.0 Å². The van der Waals surface area contributed by atoms with Crippen LogP contribution < -0.4 is 16.2 Å². The smallest absolute Gasteiger partial charge is 0.281 e. The number of anilines is 1. The van der Waals surface area contributed by atoms with E-state index in [2.05, 4.69) is 16.2 Å². The van der Waals surface area contributed by atoms with E-state index in [0.29, 0.717) is 15.6 Å². The van der Waals surface area contributed by atoms with Crippen molar-refractivity contribution in [3.8, 4) is 0 Å². The minimum Gasteiger partial charge on any atom is -0.331 e. The van der Waals surface area contributed by atoms with Gasteiger partial charge in [0.2, 0.25) is 10.0 Å². The van der Waals surface area contributed by atoms with Crippen molar-refractivity contribution in [1.82, 2.24) is 15.2 Å². The molecule has 0 saturated heterocycles. The minimum absolute atomic E-state index is 0.0926. The van der Waals surface area contributed by atoms with Gasteiger partial charge in [0.25, 0.3) is 5.91 Å². The van der Waals surface area contributed by atoms with Gasteiger partial charge >= 0.3 is 0 Å². The second-order valence-corrected chi connectivity index (χ2v) is 10.1. The van der Waals surface area contributed by atoms with Crippen LogP contribution in [0.4, 0.5) is 5.69 Å². The molecule has 0 radical (unpaired) electrons. The van der Waals surface area contributed by atoms with Crippen LogP contribution in [0.5, 0.6) is 0 Å². The molecule has 0 bridgehead atoms. The Morgan fingerprint density at radius 1 is 1.10 bits per heavy atom. The fraction of sp³-hybridized carbons (Fsp3) is 0.111. The monoisotopic (exact) mass is 468 g/mol. The van der Waals surface area contributed by atoms with E-state index in [1.54, 1.807) is 12.1 Å². The number of rotatable bonds is 4. The highest BCUT2D eigenvalue weighted by Crippen LogP contribution is 2.34. The van der Waals surface area contributed by atoms with Crippen molar-refractivity contribution in [3.05, 3.63) is 58.4 Å². The normalized spacial score (nSPS) is 11.4. The summed E-state index contributed by atoms with van der Waals surface area (Å²) < 4.78 is 26.5. The van der Waals surface area contributed by atoms with Gasteiger partial charge in [0.1, 0.15) is 4.88 Å². The topological polar surface area (TPSA) is 90.5 Å². The van der Waals surface area contributed by atoms with E-state index in [1.165, 1.54) is 37.6 Å². The van der Waals surface area contributed by atoms with Crippen molar-refractivity contribution in [1.29, 1.82) is 0 Å². The molecule has 1 heterocycles. The predicted molar refractivity (Wildman–Crippen MR) is 121 cm³/mol. The fourth-order valence-electron chi connectivity index (χ4n) is 2.44. The molecule has 0 fully saturated rings. The number of carbonyl (C=O) groups excluding carboxylic acids is 1. The highest BCUT2D eigenvalue weighted by Gasteiger charge is 2.18. The lowest BCUT2D eigenvalue weighted by atomic mass is 10.2.